The predicted octanol–water partition coefficient (Wildman–Crippen LogP) is 3.83. The third-order valence-electron chi connectivity index (χ3n) is 5.87. The molecular weight excluding hydrogens is 468 g/mol. The van der Waals surface area contributed by atoms with Crippen molar-refractivity contribution in [1.82, 2.24) is 15.0 Å². The van der Waals surface area contributed by atoms with Gasteiger partial charge in [-0.15, -0.1) is 0 Å². The molecular formula is C27H32N8O2. The number of nitrogens with one attached hydrogen (secondary N) is 3. The Hall–Kier alpha value is -4.60. The summed E-state index contributed by atoms with van der Waals surface area (Å²) in [5.41, 5.74) is 13.5. The molecule has 10 nitrogen and oxygen atoms in total. The Balaban J connectivity index is 0.000000695. The highest BCUT2D eigenvalue weighted by Gasteiger charge is 2.20. The minimum absolute atomic E-state index is 0.216. The lowest BCUT2D eigenvalue weighted by Gasteiger charge is -2.24. The van der Waals surface area contributed by atoms with Gasteiger partial charge in [0.25, 0.3) is 5.91 Å². The SMILES string of the molecule is C=CC(N)=O.Cc1ccnc(NC(=O)c2ccc(C(=N)c3c(N)ncnc3NC3CCCCC3)cc2)c1. The van der Waals surface area contributed by atoms with E-state index in [0.29, 0.717) is 34.4 Å². The largest absolute Gasteiger partial charge is 0.383 e. The predicted molar refractivity (Wildman–Crippen MR) is 146 cm³/mol. The third kappa shape index (κ3) is 7.69. The van der Waals surface area contributed by atoms with Crippen LogP contribution in [0.1, 0.15) is 59.2 Å². The number of aryl methyl sites for hydroxylation is 1. The molecule has 0 radical (unpaired) electrons. The number of pyridine rings is 1. The lowest BCUT2D eigenvalue weighted by Crippen LogP contribution is -2.25. The Labute approximate surface area is 216 Å². The number of aromatic nitrogens is 3. The Kier molecular flexibility index (Phi) is 9.42. The number of nitrogens with two attached hydrogens (primary N) is 2. The fourth-order valence-electron chi connectivity index (χ4n) is 3.92. The topological polar surface area (TPSA) is 173 Å². The van der Waals surface area contributed by atoms with Gasteiger partial charge >= 0.3 is 0 Å². The number of primary amides is 1. The van der Waals surface area contributed by atoms with Crippen LogP contribution in [0.2, 0.25) is 0 Å². The molecule has 1 fully saturated rings. The Morgan fingerprint density at radius 1 is 1.05 bits per heavy atom. The normalized spacial score (nSPS) is 13.0. The van der Waals surface area contributed by atoms with E-state index in [2.05, 4.69) is 37.9 Å². The van der Waals surface area contributed by atoms with E-state index in [1.54, 1.807) is 36.5 Å². The van der Waals surface area contributed by atoms with Gasteiger partial charge in [0.2, 0.25) is 5.91 Å². The summed E-state index contributed by atoms with van der Waals surface area (Å²) in [4.78, 5) is 34.6. The highest BCUT2D eigenvalue weighted by Crippen LogP contribution is 2.26. The molecule has 1 aliphatic carbocycles. The number of benzene rings is 1. The maximum Gasteiger partial charge on any atom is 0.256 e. The summed E-state index contributed by atoms with van der Waals surface area (Å²) in [6, 6.07) is 10.8. The van der Waals surface area contributed by atoms with Gasteiger partial charge in [-0.05, 0) is 55.7 Å². The number of carbonyl (C=O) groups excluding carboxylic acids is 2. The highest BCUT2D eigenvalue weighted by molar-refractivity contribution is 6.16. The minimum Gasteiger partial charge on any atom is -0.383 e. The second-order valence-corrected chi connectivity index (χ2v) is 8.69. The fourth-order valence-corrected chi connectivity index (χ4v) is 3.92. The van der Waals surface area contributed by atoms with Crippen molar-refractivity contribution in [1.29, 1.82) is 5.41 Å². The van der Waals surface area contributed by atoms with Crippen LogP contribution in [0.5, 0.6) is 0 Å². The fraction of sp³-hybridized carbons (Fsp3) is 0.259. The summed E-state index contributed by atoms with van der Waals surface area (Å²) in [5, 5.41) is 15.0. The van der Waals surface area contributed by atoms with Gasteiger partial charge < -0.3 is 22.1 Å². The average Bonchev–Trinajstić information content (AvgIpc) is 2.89. The molecule has 2 heterocycles. The van der Waals surface area contributed by atoms with Crippen molar-refractivity contribution in [2.45, 2.75) is 45.1 Å². The first-order chi connectivity index (χ1) is 17.8. The summed E-state index contributed by atoms with van der Waals surface area (Å²) in [6.07, 6.45) is 9.92. The lowest BCUT2D eigenvalue weighted by atomic mass is 9.95. The second kappa shape index (κ2) is 12.9. The van der Waals surface area contributed by atoms with E-state index in [9.17, 15) is 9.59 Å². The van der Waals surface area contributed by atoms with Crippen LogP contribution in [-0.4, -0.2) is 38.5 Å². The van der Waals surface area contributed by atoms with Crippen molar-refractivity contribution < 1.29 is 9.59 Å². The van der Waals surface area contributed by atoms with Gasteiger partial charge in [-0.25, -0.2) is 15.0 Å². The number of hydrogen-bond acceptors (Lipinski definition) is 8. The molecule has 7 N–H and O–H groups in total. The Morgan fingerprint density at radius 2 is 1.70 bits per heavy atom. The molecule has 2 aromatic heterocycles. The van der Waals surface area contributed by atoms with E-state index in [1.807, 2.05) is 13.0 Å². The summed E-state index contributed by atoms with van der Waals surface area (Å²) >= 11 is 0. The molecule has 0 spiro atoms. The molecule has 0 saturated heterocycles. The molecule has 0 aliphatic heterocycles. The number of amides is 2. The highest BCUT2D eigenvalue weighted by atomic mass is 16.2. The number of hydrogen-bond donors (Lipinski definition) is 5. The van der Waals surface area contributed by atoms with Crippen LogP contribution < -0.4 is 22.1 Å². The zero-order valence-corrected chi connectivity index (χ0v) is 20.8. The van der Waals surface area contributed by atoms with E-state index in [1.165, 1.54) is 25.6 Å². The summed E-state index contributed by atoms with van der Waals surface area (Å²) in [7, 11) is 0. The molecule has 4 rings (SSSR count). The smallest absolute Gasteiger partial charge is 0.256 e. The average molecular weight is 501 g/mol. The molecule has 1 aromatic carbocycles. The van der Waals surface area contributed by atoms with Gasteiger partial charge in [0.1, 0.15) is 23.8 Å². The van der Waals surface area contributed by atoms with Gasteiger partial charge in [-0.1, -0.05) is 38.0 Å². The zero-order valence-electron chi connectivity index (χ0n) is 20.8. The van der Waals surface area contributed by atoms with Crippen molar-refractivity contribution in [2.75, 3.05) is 16.4 Å². The zero-order chi connectivity index (χ0) is 26.8. The lowest BCUT2D eigenvalue weighted by molar-refractivity contribution is -0.113. The summed E-state index contributed by atoms with van der Waals surface area (Å²) < 4.78 is 0. The van der Waals surface area contributed by atoms with Crippen LogP contribution in [0, 0.1) is 12.3 Å². The van der Waals surface area contributed by atoms with E-state index >= 15 is 0 Å². The molecule has 1 aliphatic rings. The van der Waals surface area contributed by atoms with E-state index in [4.69, 9.17) is 11.1 Å². The molecule has 3 aromatic rings. The molecule has 2 amide bonds. The van der Waals surface area contributed by atoms with Crippen LogP contribution in [-0.2, 0) is 4.79 Å². The molecule has 0 bridgehead atoms. The van der Waals surface area contributed by atoms with Crippen LogP contribution >= 0.6 is 0 Å². The first-order valence-electron chi connectivity index (χ1n) is 12.0. The van der Waals surface area contributed by atoms with Crippen molar-refractivity contribution in [2.24, 2.45) is 5.73 Å². The van der Waals surface area contributed by atoms with Gasteiger partial charge in [0.05, 0.1) is 11.3 Å². The number of carbonyl (C=O) groups is 2. The summed E-state index contributed by atoms with van der Waals surface area (Å²) in [6.45, 7) is 5.02. The minimum atomic E-state index is -0.481. The number of rotatable bonds is 7. The van der Waals surface area contributed by atoms with Gasteiger partial charge in [0.15, 0.2) is 0 Å². The van der Waals surface area contributed by atoms with Crippen molar-refractivity contribution in [3.05, 3.63) is 83.8 Å². The van der Waals surface area contributed by atoms with E-state index in [0.717, 1.165) is 24.5 Å². The van der Waals surface area contributed by atoms with Gasteiger partial charge in [-0.2, -0.15) is 0 Å². The van der Waals surface area contributed by atoms with Gasteiger partial charge in [0, 0.05) is 23.4 Å². The second-order valence-electron chi connectivity index (χ2n) is 8.69. The van der Waals surface area contributed by atoms with Crippen molar-refractivity contribution in [3.8, 4) is 0 Å². The molecule has 10 heteroatoms. The Morgan fingerprint density at radius 3 is 2.32 bits per heavy atom. The monoisotopic (exact) mass is 500 g/mol. The van der Waals surface area contributed by atoms with Crippen LogP contribution in [0.3, 0.4) is 0 Å². The first kappa shape index (κ1) is 27.0. The molecule has 192 valence electrons. The van der Waals surface area contributed by atoms with Gasteiger partial charge in [-0.3, -0.25) is 15.0 Å². The van der Waals surface area contributed by atoms with Crippen molar-refractivity contribution in [3.63, 3.8) is 0 Å². The maximum atomic E-state index is 12.6. The third-order valence-corrected chi connectivity index (χ3v) is 5.87. The van der Waals surface area contributed by atoms with Crippen LogP contribution in [0.25, 0.3) is 0 Å². The first-order valence-corrected chi connectivity index (χ1v) is 12.0. The summed E-state index contributed by atoms with van der Waals surface area (Å²) in [5.74, 6) is 0.602. The number of anilines is 3. The Bertz CT molecular complexity index is 1270. The molecule has 0 unspecified atom stereocenters. The van der Waals surface area contributed by atoms with Crippen LogP contribution in [0.15, 0.2) is 61.6 Å². The van der Waals surface area contributed by atoms with Crippen molar-refractivity contribution >= 4 is 35.0 Å². The van der Waals surface area contributed by atoms with E-state index in [-0.39, 0.29) is 17.4 Å². The van der Waals surface area contributed by atoms with Crippen LogP contribution in [0.4, 0.5) is 17.5 Å². The number of nitrogen functional groups attached to an aromatic ring is 1. The standard InChI is InChI=1S/C24H27N7O.C3H5NO/c1-15-11-12-27-19(13-15)31-24(32)17-9-7-16(8-10-17)21(25)20-22(26)28-14-29-23(20)30-18-5-3-2-4-6-18;1-2-3(4)5/h7-14,18,25H,2-6H2,1H3,(H,27,31,32)(H3,26,28,29,30);2H,1H2,(H2,4,5). The van der Waals surface area contributed by atoms with E-state index < -0.39 is 5.91 Å². The molecule has 37 heavy (non-hydrogen) atoms. The molecule has 1 saturated carbocycles. The maximum absolute atomic E-state index is 12.6. The number of nitrogens with zero attached hydrogens (tertiary/aromatic N) is 3. The molecule has 0 atom stereocenters. The quantitative estimate of drug-likeness (QED) is 0.242.